The van der Waals surface area contributed by atoms with Gasteiger partial charge in [-0.1, -0.05) is 0 Å². The molecular weight excluding hydrogens is 206 g/mol. The van der Waals surface area contributed by atoms with Gasteiger partial charge in [0.15, 0.2) is 0 Å². The summed E-state index contributed by atoms with van der Waals surface area (Å²) in [6, 6.07) is 0. The van der Waals surface area contributed by atoms with Gasteiger partial charge in [-0.25, -0.2) is 4.98 Å². The summed E-state index contributed by atoms with van der Waals surface area (Å²) in [5.74, 6) is 0.822. The van der Waals surface area contributed by atoms with Crippen molar-refractivity contribution < 1.29 is 9.84 Å². The maximum atomic E-state index is 10.3. The average Bonchev–Trinajstić information content (AvgIpc) is 2.75. The van der Waals surface area contributed by atoms with Crippen molar-refractivity contribution in [2.24, 2.45) is 0 Å². The number of aromatic nitrogens is 2. The Bertz CT molecular complexity index is 332. The Labute approximate surface area is 95.4 Å². The van der Waals surface area contributed by atoms with Crippen LogP contribution in [0.25, 0.3) is 0 Å². The fourth-order valence-electron chi connectivity index (χ4n) is 1.90. The van der Waals surface area contributed by atoms with Crippen molar-refractivity contribution in [3.63, 3.8) is 0 Å². The van der Waals surface area contributed by atoms with Gasteiger partial charge in [0.1, 0.15) is 0 Å². The number of hydrogen-bond donors (Lipinski definition) is 2. The third-order valence-corrected chi connectivity index (χ3v) is 3.06. The van der Waals surface area contributed by atoms with Gasteiger partial charge >= 0.3 is 0 Å². The van der Waals surface area contributed by atoms with Crippen molar-refractivity contribution in [3.8, 4) is 0 Å². The van der Waals surface area contributed by atoms with E-state index in [1.54, 1.807) is 6.20 Å². The van der Waals surface area contributed by atoms with Crippen molar-refractivity contribution in [1.82, 2.24) is 9.55 Å². The summed E-state index contributed by atoms with van der Waals surface area (Å²) < 4.78 is 7.25. The van der Waals surface area contributed by atoms with E-state index in [0.29, 0.717) is 32.6 Å². The van der Waals surface area contributed by atoms with Crippen molar-refractivity contribution in [3.05, 3.63) is 12.4 Å². The Balaban J connectivity index is 1.91. The largest absolute Gasteiger partial charge is 0.388 e. The lowest BCUT2D eigenvalue weighted by Gasteiger charge is -2.32. The third kappa shape index (κ3) is 2.54. The van der Waals surface area contributed by atoms with Crippen molar-refractivity contribution in [2.45, 2.75) is 31.9 Å². The van der Waals surface area contributed by atoms with E-state index in [1.165, 1.54) is 0 Å². The van der Waals surface area contributed by atoms with Crippen LogP contribution in [0.1, 0.15) is 19.8 Å². The van der Waals surface area contributed by atoms with Crippen LogP contribution in [0, 0.1) is 0 Å². The number of anilines is 1. The number of rotatable bonds is 4. The van der Waals surface area contributed by atoms with Crippen molar-refractivity contribution >= 4 is 5.95 Å². The Kier molecular flexibility index (Phi) is 3.46. The van der Waals surface area contributed by atoms with Crippen LogP contribution in [0.4, 0.5) is 5.95 Å². The quantitative estimate of drug-likeness (QED) is 0.797. The van der Waals surface area contributed by atoms with Gasteiger partial charge in [-0.05, 0) is 6.92 Å². The maximum Gasteiger partial charge on any atom is 0.202 e. The molecule has 0 spiro atoms. The van der Waals surface area contributed by atoms with Crippen LogP contribution < -0.4 is 5.32 Å². The Morgan fingerprint density at radius 1 is 1.56 bits per heavy atom. The number of aliphatic hydroxyl groups is 1. The maximum absolute atomic E-state index is 10.3. The summed E-state index contributed by atoms with van der Waals surface area (Å²) in [4.78, 5) is 4.21. The van der Waals surface area contributed by atoms with E-state index in [2.05, 4.69) is 17.2 Å². The van der Waals surface area contributed by atoms with Crippen molar-refractivity contribution in [2.75, 3.05) is 25.1 Å². The predicted molar refractivity (Wildman–Crippen MR) is 61.4 cm³/mol. The number of aryl methyl sites for hydroxylation is 1. The lowest BCUT2D eigenvalue weighted by molar-refractivity contribution is -0.0544. The van der Waals surface area contributed by atoms with Gasteiger partial charge < -0.3 is 19.7 Å². The topological polar surface area (TPSA) is 59.3 Å². The molecule has 1 aromatic rings. The number of imidazole rings is 1. The van der Waals surface area contributed by atoms with Gasteiger partial charge in [0.2, 0.25) is 5.95 Å². The van der Waals surface area contributed by atoms with Crippen LogP contribution in [0.2, 0.25) is 0 Å². The van der Waals surface area contributed by atoms with Gasteiger partial charge in [0.05, 0.1) is 5.60 Å². The molecule has 1 aromatic heterocycles. The second kappa shape index (κ2) is 4.84. The first-order valence-corrected chi connectivity index (χ1v) is 5.79. The molecule has 2 heterocycles. The van der Waals surface area contributed by atoms with E-state index < -0.39 is 5.60 Å². The zero-order valence-corrected chi connectivity index (χ0v) is 9.65. The number of ether oxygens (including phenoxy) is 1. The second-order valence-corrected chi connectivity index (χ2v) is 4.23. The van der Waals surface area contributed by atoms with E-state index in [4.69, 9.17) is 4.74 Å². The highest BCUT2D eigenvalue weighted by Crippen LogP contribution is 2.20. The van der Waals surface area contributed by atoms with E-state index >= 15 is 0 Å². The first-order valence-electron chi connectivity index (χ1n) is 5.79. The normalized spacial score (nSPS) is 19.6. The summed E-state index contributed by atoms with van der Waals surface area (Å²) in [6.07, 6.45) is 5.07. The summed E-state index contributed by atoms with van der Waals surface area (Å²) in [6.45, 7) is 4.76. The molecule has 0 aromatic carbocycles. The summed E-state index contributed by atoms with van der Waals surface area (Å²) in [5.41, 5.74) is -0.650. The summed E-state index contributed by atoms with van der Waals surface area (Å²) in [5, 5.41) is 13.5. The Hall–Kier alpha value is -1.07. The highest BCUT2D eigenvalue weighted by atomic mass is 16.5. The van der Waals surface area contributed by atoms with Crippen LogP contribution in [0.15, 0.2) is 12.4 Å². The molecule has 1 fully saturated rings. The molecule has 0 saturated carbocycles. The number of nitrogens with zero attached hydrogens (tertiary/aromatic N) is 2. The second-order valence-electron chi connectivity index (χ2n) is 4.23. The zero-order chi connectivity index (χ0) is 11.4. The molecule has 0 aliphatic carbocycles. The molecule has 0 atom stereocenters. The van der Waals surface area contributed by atoms with Gasteiger partial charge in [0, 0.05) is 51.5 Å². The minimum atomic E-state index is -0.650. The van der Waals surface area contributed by atoms with Gasteiger partial charge in [-0.2, -0.15) is 0 Å². The van der Waals surface area contributed by atoms with E-state index in [-0.39, 0.29) is 0 Å². The molecule has 1 saturated heterocycles. The summed E-state index contributed by atoms with van der Waals surface area (Å²) >= 11 is 0. The molecule has 0 unspecified atom stereocenters. The average molecular weight is 225 g/mol. The van der Waals surface area contributed by atoms with Crippen LogP contribution in [0.3, 0.4) is 0 Å². The molecule has 5 heteroatoms. The molecular formula is C11H19N3O2. The SMILES string of the molecule is CCn1ccnc1NCC1(O)CCOCC1. The number of hydrogen-bond acceptors (Lipinski definition) is 4. The minimum Gasteiger partial charge on any atom is -0.388 e. The molecule has 0 radical (unpaired) electrons. The molecule has 1 aliphatic rings. The number of nitrogens with one attached hydrogen (secondary N) is 1. The summed E-state index contributed by atoms with van der Waals surface area (Å²) in [7, 11) is 0. The monoisotopic (exact) mass is 225 g/mol. The predicted octanol–water partition coefficient (Wildman–Crippen LogP) is 0.856. The molecule has 5 nitrogen and oxygen atoms in total. The van der Waals surface area contributed by atoms with Crippen LogP contribution in [-0.4, -0.2) is 40.0 Å². The standard InChI is InChI=1S/C11H19N3O2/c1-2-14-6-5-12-10(14)13-9-11(15)3-7-16-8-4-11/h5-6,15H,2-4,7-9H2,1H3,(H,12,13). The van der Waals surface area contributed by atoms with Crippen LogP contribution in [-0.2, 0) is 11.3 Å². The Morgan fingerprint density at radius 3 is 3.00 bits per heavy atom. The van der Waals surface area contributed by atoms with E-state index in [1.807, 2.05) is 10.8 Å². The first-order chi connectivity index (χ1) is 7.73. The molecule has 90 valence electrons. The third-order valence-electron chi connectivity index (χ3n) is 3.06. The molecule has 2 N–H and O–H groups in total. The van der Waals surface area contributed by atoms with Gasteiger partial charge in [0.25, 0.3) is 0 Å². The fraction of sp³-hybridized carbons (Fsp3) is 0.727. The first kappa shape index (κ1) is 11.4. The van der Waals surface area contributed by atoms with Gasteiger partial charge in [-0.15, -0.1) is 0 Å². The molecule has 0 bridgehead atoms. The molecule has 0 amide bonds. The van der Waals surface area contributed by atoms with Crippen LogP contribution >= 0.6 is 0 Å². The fourth-order valence-corrected chi connectivity index (χ4v) is 1.90. The lowest BCUT2D eigenvalue weighted by atomic mass is 9.94. The van der Waals surface area contributed by atoms with Gasteiger partial charge in [-0.3, -0.25) is 0 Å². The smallest absolute Gasteiger partial charge is 0.202 e. The van der Waals surface area contributed by atoms with E-state index in [0.717, 1.165) is 12.5 Å². The molecule has 16 heavy (non-hydrogen) atoms. The van der Waals surface area contributed by atoms with Crippen molar-refractivity contribution in [1.29, 1.82) is 0 Å². The highest BCUT2D eigenvalue weighted by Gasteiger charge is 2.29. The molecule has 2 rings (SSSR count). The van der Waals surface area contributed by atoms with E-state index in [9.17, 15) is 5.11 Å². The lowest BCUT2D eigenvalue weighted by Crippen LogP contribution is -2.42. The molecule has 1 aliphatic heterocycles. The van der Waals surface area contributed by atoms with Crippen LogP contribution in [0.5, 0.6) is 0 Å². The Morgan fingerprint density at radius 2 is 2.31 bits per heavy atom. The minimum absolute atomic E-state index is 0.535. The zero-order valence-electron chi connectivity index (χ0n) is 9.65. The highest BCUT2D eigenvalue weighted by molar-refractivity contribution is 5.26.